The topological polar surface area (TPSA) is 97.6 Å². The normalized spacial score (nSPS) is 10.6. The Bertz CT molecular complexity index is 505. The zero-order chi connectivity index (χ0) is 15.7. The SMILES string of the molecule is CC(C)NC(=O)CNC(=O)COC(=O)/C=C/c1ccco1. The van der Waals surface area contributed by atoms with Crippen LogP contribution in [0.4, 0.5) is 0 Å². The molecule has 0 unspecified atom stereocenters. The van der Waals surface area contributed by atoms with E-state index < -0.39 is 18.5 Å². The van der Waals surface area contributed by atoms with E-state index >= 15 is 0 Å². The van der Waals surface area contributed by atoms with Gasteiger partial charge in [-0.3, -0.25) is 9.59 Å². The van der Waals surface area contributed by atoms with Gasteiger partial charge in [0.1, 0.15) is 5.76 Å². The molecule has 21 heavy (non-hydrogen) atoms. The second kappa shape index (κ2) is 8.57. The Labute approximate surface area is 122 Å². The molecule has 0 atom stereocenters. The fourth-order valence-electron chi connectivity index (χ4n) is 1.32. The lowest BCUT2D eigenvalue weighted by atomic mass is 10.4. The highest BCUT2D eigenvalue weighted by molar-refractivity contribution is 5.90. The maximum absolute atomic E-state index is 11.4. The van der Waals surface area contributed by atoms with Gasteiger partial charge >= 0.3 is 5.97 Å². The molecule has 0 aliphatic carbocycles. The number of carbonyl (C=O) groups is 3. The standard InChI is InChI=1S/C14H18N2O5/c1-10(2)16-12(17)8-15-13(18)9-21-14(19)6-5-11-4-3-7-20-11/h3-7,10H,8-9H2,1-2H3,(H,15,18)(H,16,17)/b6-5+. The van der Waals surface area contributed by atoms with Crippen molar-refractivity contribution in [3.05, 3.63) is 30.2 Å². The molecule has 1 aromatic heterocycles. The van der Waals surface area contributed by atoms with E-state index in [0.29, 0.717) is 5.76 Å². The monoisotopic (exact) mass is 294 g/mol. The summed E-state index contributed by atoms with van der Waals surface area (Å²) < 4.78 is 9.69. The first kappa shape index (κ1) is 16.5. The number of ether oxygens (including phenoxy) is 1. The van der Waals surface area contributed by atoms with Gasteiger partial charge < -0.3 is 19.8 Å². The zero-order valence-electron chi connectivity index (χ0n) is 11.9. The van der Waals surface area contributed by atoms with E-state index in [2.05, 4.69) is 10.6 Å². The molecule has 2 N–H and O–H groups in total. The number of nitrogens with one attached hydrogen (secondary N) is 2. The second-order valence-corrected chi connectivity index (χ2v) is 4.46. The van der Waals surface area contributed by atoms with E-state index in [1.807, 2.05) is 13.8 Å². The predicted molar refractivity (Wildman–Crippen MR) is 75.0 cm³/mol. The van der Waals surface area contributed by atoms with Crippen LogP contribution >= 0.6 is 0 Å². The van der Waals surface area contributed by atoms with Crippen molar-refractivity contribution in [2.45, 2.75) is 19.9 Å². The van der Waals surface area contributed by atoms with Gasteiger partial charge in [0.2, 0.25) is 5.91 Å². The average molecular weight is 294 g/mol. The Kier molecular flexibility index (Phi) is 6.73. The van der Waals surface area contributed by atoms with E-state index in [9.17, 15) is 14.4 Å². The van der Waals surface area contributed by atoms with Gasteiger partial charge in [0.05, 0.1) is 12.8 Å². The molecule has 7 heteroatoms. The van der Waals surface area contributed by atoms with Crippen molar-refractivity contribution >= 4 is 23.9 Å². The van der Waals surface area contributed by atoms with Crippen LogP contribution in [0, 0.1) is 0 Å². The fraction of sp³-hybridized carbons (Fsp3) is 0.357. The van der Waals surface area contributed by atoms with E-state index in [4.69, 9.17) is 9.15 Å². The number of hydrogen-bond acceptors (Lipinski definition) is 5. The van der Waals surface area contributed by atoms with Crippen molar-refractivity contribution < 1.29 is 23.5 Å². The van der Waals surface area contributed by atoms with Gasteiger partial charge in [-0.2, -0.15) is 0 Å². The minimum Gasteiger partial charge on any atom is -0.465 e. The number of rotatable bonds is 7. The molecule has 0 radical (unpaired) electrons. The molecule has 0 spiro atoms. The molecule has 0 aliphatic rings. The minimum atomic E-state index is -0.673. The first-order chi connectivity index (χ1) is 9.97. The van der Waals surface area contributed by atoms with Crippen LogP contribution in [0.2, 0.25) is 0 Å². The summed E-state index contributed by atoms with van der Waals surface area (Å²) >= 11 is 0. The van der Waals surface area contributed by atoms with Gasteiger partial charge in [-0.05, 0) is 32.1 Å². The van der Waals surface area contributed by atoms with Crippen molar-refractivity contribution in [1.29, 1.82) is 0 Å². The molecule has 7 nitrogen and oxygen atoms in total. The molecule has 1 aromatic rings. The second-order valence-electron chi connectivity index (χ2n) is 4.46. The first-order valence-corrected chi connectivity index (χ1v) is 6.42. The van der Waals surface area contributed by atoms with E-state index in [-0.39, 0.29) is 18.5 Å². The van der Waals surface area contributed by atoms with E-state index in [0.717, 1.165) is 6.08 Å². The van der Waals surface area contributed by atoms with Gasteiger partial charge in [-0.1, -0.05) is 0 Å². The third kappa shape index (κ3) is 7.56. The van der Waals surface area contributed by atoms with Crippen molar-refractivity contribution in [2.24, 2.45) is 0 Å². The van der Waals surface area contributed by atoms with Crippen LogP contribution < -0.4 is 10.6 Å². The van der Waals surface area contributed by atoms with Crippen molar-refractivity contribution in [2.75, 3.05) is 13.2 Å². The maximum atomic E-state index is 11.4. The highest BCUT2D eigenvalue weighted by Crippen LogP contribution is 2.02. The highest BCUT2D eigenvalue weighted by atomic mass is 16.5. The molecule has 0 bridgehead atoms. The Morgan fingerprint density at radius 1 is 1.33 bits per heavy atom. The van der Waals surface area contributed by atoms with Gasteiger partial charge in [0.15, 0.2) is 6.61 Å². The molecule has 2 amide bonds. The molecular formula is C14H18N2O5. The minimum absolute atomic E-state index is 0.000956. The lowest BCUT2D eigenvalue weighted by molar-refractivity contribution is -0.143. The van der Waals surface area contributed by atoms with Crippen LogP contribution in [-0.4, -0.2) is 37.0 Å². The summed E-state index contributed by atoms with van der Waals surface area (Å²) in [6, 6.07) is 3.35. The molecule has 0 aromatic carbocycles. The van der Waals surface area contributed by atoms with Crippen molar-refractivity contribution in [1.82, 2.24) is 10.6 Å². The number of furan rings is 1. The van der Waals surface area contributed by atoms with E-state index in [1.54, 1.807) is 12.1 Å². The molecule has 1 heterocycles. The summed E-state index contributed by atoms with van der Waals surface area (Å²) in [5.74, 6) is -1.02. The smallest absolute Gasteiger partial charge is 0.331 e. The molecule has 0 saturated carbocycles. The Morgan fingerprint density at radius 3 is 2.71 bits per heavy atom. The van der Waals surface area contributed by atoms with Gasteiger partial charge in [0.25, 0.3) is 5.91 Å². The highest BCUT2D eigenvalue weighted by Gasteiger charge is 2.08. The maximum Gasteiger partial charge on any atom is 0.331 e. The van der Waals surface area contributed by atoms with Gasteiger partial charge in [0, 0.05) is 12.1 Å². The number of carbonyl (C=O) groups excluding carboxylic acids is 3. The number of amides is 2. The third-order valence-corrected chi connectivity index (χ3v) is 2.17. The zero-order valence-corrected chi connectivity index (χ0v) is 11.9. The number of esters is 1. The van der Waals surface area contributed by atoms with Gasteiger partial charge in [-0.15, -0.1) is 0 Å². The Morgan fingerprint density at radius 2 is 2.10 bits per heavy atom. The lowest BCUT2D eigenvalue weighted by Crippen LogP contribution is -2.41. The molecular weight excluding hydrogens is 276 g/mol. The summed E-state index contributed by atoms with van der Waals surface area (Å²) in [7, 11) is 0. The Balaban J connectivity index is 2.20. The van der Waals surface area contributed by atoms with E-state index in [1.165, 1.54) is 12.3 Å². The van der Waals surface area contributed by atoms with Crippen LogP contribution in [-0.2, 0) is 19.1 Å². The van der Waals surface area contributed by atoms with Crippen LogP contribution in [0.1, 0.15) is 19.6 Å². The van der Waals surface area contributed by atoms with Crippen LogP contribution in [0.5, 0.6) is 0 Å². The molecule has 114 valence electrons. The summed E-state index contributed by atoms with van der Waals surface area (Å²) in [6.45, 7) is 3.02. The molecule has 0 fully saturated rings. The van der Waals surface area contributed by atoms with Crippen LogP contribution in [0.3, 0.4) is 0 Å². The largest absolute Gasteiger partial charge is 0.465 e. The number of hydrogen-bond donors (Lipinski definition) is 2. The van der Waals surface area contributed by atoms with Crippen molar-refractivity contribution in [3.8, 4) is 0 Å². The third-order valence-electron chi connectivity index (χ3n) is 2.17. The van der Waals surface area contributed by atoms with Crippen molar-refractivity contribution in [3.63, 3.8) is 0 Å². The summed E-state index contributed by atoms with van der Waals surface area (Å²) in [4.78, 5) is 34.0. The summed E-state index contributed by atoms with van der Waals surface area (Å²) in [5.41, 5.74) is 0. The van der Waals surface area contributed by atoms with Gasteiger partial charge in [-0.25, -0.2) is 4.79 Å². The Hall–Kier alpha value is -2.57. The quantitative estimate of drug-likeness (QED) is 0.563. The molecule has 0 aliphatic heterocycles. The van der Waals surface area contributed by atoms with Crippen LogP contribution in [0.25, 0.3) is 6.08 Å². The molecule has 0 saturated heterocycles. The fourth-order valence-corrected chi connectivity index (χ4v) is 1.32. The average Bonchev–Trinajstić information content (AvgIpc) is 2.93. The predicted octanol–water partition coefficient (Wildman–Crippen LogP) is 0.477. The summed E-state index contributed by atoms with van der Waals surface area (Å²) in [5, 5.41) is 4.96. The summed E-state index contributed by atoms with van der Waals surface area (Å²) in [6.07, 6.45) is 4.05. The first-order valence-electron chi connectivity index (χ1n) is 6.42. The lowest BCUT2D eigenvalue weighted by Gasteiger charge is -2.09. The van der Waals surface area contributed by atoms with Crippen LogP contribution in [0.15, 0.2) is 28.9 Å². The molecule has 1 rings (SSSR count).